The zero-order valence-corrected chi connectivity index (χ0v) is 15.5. The number of amides is 2. The highest BCUT2D eigenvalue weighted by molar-refractivity contribution is 5.74. The quantitative estimate of drug-likeness (QED) is 0.711. The van der Waals surface area contributed by atoms with Crippen molar-refractivity contribution in [1.82, 2.24) is 25.4 Å². The molecule has 0 radical (unpaired) electrons. The molecule has 0 aliphatic carbocycles. The topological polar surface area (TPSA) is 90.3 Å². The van der Waals surface area contributed by atoms with E-state index in [1.54, 1.807) is 11.0 Å². The minimum atomic E-state index is -0.234. The average molecular weight is 379 g/mol. The van der Waals surface area contributed by atoms with E-state index in [4.69, 9.17) is 9.47 Å². The van der Waals surface area contributed by atoms with E-state index in [9.17, 15) is 4.79 Å². The number of aromatic nitrogens is 3. The van der Waals surface area contributed by atoms with Gasteiger partial charge in [-0.25, -0.2) is 14.5 Å². The summed E-state index contributed by atoms with van der Waals surface area (Å²) in [6.07, 6.45) is 3.13. The van der Waals surface area contributed by atoms with Gasteiger partial charge in [-0.2, -0.15) is 5.10 Å². The number of nitrogens with zero attached hydrogens (tertiary/aromatic N) is 3. The number of fused-ring (bicyclic) bond motifs is 1. The molecular formula is C20H21N5O3. The molecule has 2 heterocycles. The number of urea groups is 1. The van der Waals surface area contributed by atoms with Crippen LogP contribution in [0.4, 0.5) is 4.79 Å². The highest BCUT2D eigenvalue weighted by Crippen LogP contribution is 2.30. The summed E-state index contributed by atoms with van der Waals surface area (Å²) in [6.45, 7) is 3.44. The lowest BCUT2D eigenvalue weighted by molar-refractivity contribution is 0.171. The molecule has 1 atom stereocenters. The van der Waals surface area contributed by atoms with Crippen molar-refractivity contribution >= 4 is 6.03 Å². The Bertz CT molecular complexity index is 941. The van der Waals surface area contributed by atoms with Gasteiger partial charge in [0.05, 0.1) is 11.7 Å². The van der Waals surface area contributed by atoms with Crippen molar-refractivity contribution in [3.63, 3.8) is 0 Å². The van der Waals surface area contributed by atoms with Crippen molar-refractivity contribution < 1.29 is 14.3 Å². The number of rotatable bonds is 5. The molecule has 0 spiro atoms. The molecule has 144 valence electrons. The van der Waals surface area contributed by atoms with Crippen LogP contribution in [0.3, 0.4) is 0 Å². The molecule has 4 rings (SSSR count). The number of nitrogens with one attached hydrogen (secondary N) is 2. The van der Waals surface area contributed by atoms with E-state index in [-0.39, 0.29) is 12.1 Å². The molecule has 0 saturated heterocycles. The average Bonchev–Trinajstić information content (AvgIpc) is 3.27. The molecule has 28 heavy (non-hydrogen) atoms. The number of ether oxygens (including phenoxy) is 2. The minimum Gasteiger partial charge on any atom is -0.486 e. The van der Waals surface area contributed by atoms with Crippen LogP contribution >= 0.6 is 0 Å². The van der Waals surface area contributed by atoms with E-state index in [1.807, 2.05) is 49.4 Å². The summed E-state index contributed by atoms with van der Waals surface area (Å²) in [5, 5.41) is 9.91. The van der Waals surface area contributed by atoms with Gasteiger partial charge in [-0.3, -0.25) is 0 Å². The lowest BCUT2D eigenvalue weighted by atomic mass is 10.1. The van der Waals surface area contributed by atoms with E-state index in [0.29, 0.717) is 25.5 Å². The fourth-order valence-electron chi connectivity index (χ4n) is 2.97. The number of carbonyl (C=O) groups is 1. The molecule has 0 saturated carbocycles. The lowest BCUT2D eigenvalue weighted by Crippen LogP contribution is -2.36. The van der Waals surface area contributed by atoms with Crippen LogP contribution in [0.1, 0.15) is 24.1 Å². The van der Waals surface area contributed by atoms with E-state index in [1.165, 1.54) is 6.33 Å². The molecule has 1 unspecified atom stereocenters. The van der Waals surface area contributed by atoms with Gasteiger partial charge in [0.15, 0.2) is 11.5 Å². The molecule has 2 N–H and O–H groups in total. The van der Waals surface area contributed by atoms with Crippen molar-refractivity contribution in [1.29, 1.82) is 0 Å². The number of hydrogen-bond acceptors (Lipinski definition) is 5. The first-order chi connectivity index (χ1) is 13.7. The van der Waals surface area contributed by atoms with Crippen LogP contribution in [0.25, 0.3) is 5.69 Å². The van der Waals surface area contributed by atoms with Crippen molar-refractivity contribution in [3.05, 3.63) is 66.2 Å². The van der Waals surface area contributed by atoms with Crippen LogP contribution in [0, 0.1) is 0 Å². The summed E-state index contributed by atoms with van der Waals surface area (Å²) >= 11 is 0. The monoisotopic (exact) mass is 379 g/mol. The largest absolute Gasteiger partial charge is 0.486 e. The summed E-state index contributed by atoms with van der Waals surface area (Å²) < 4.78 is 12.8. The Balaban J connectivity index is 1.31. The molecule has 0 bridgehead atoms. The maximum absolute atomic E-state index is 12.2. The second kappa shape index (κ2) is 7.99. The second-order valence-electron chi connectivity index (χ2n) is 6.46. The number of carbonyl (C=O) groups excluding carboxylic acids is 1. The van der Waals surface area contributed by atoms with E-state index in [2.05, 4.69) is 20.7 Å². The maximum atomic E-state index is 12.2. The first kappa shape index (κ1) is 17.8. The summed E-state index contributed by atoms with van der Waals surface area (Å²) in [7, 11) is 0. The summed E-state index contributed by atoms with van der Waals surface area (Å²) in [6, 6.07) is 13.1. The van der Waals surface area contributed by atoms with Crippen molar-refractivity contribution in [2.45, 2.75) is 19.5 Å². The van der Waals surface area contributed by atoms with Crippen LogP contribution < -0.4 is 20.1 Å². The third-order valence-electron chi connectivity index (χ3n) is 4.48. The Labute approximate surface area is 162 Å². The van der Waals surface area contributed by atoms with Gasteiger partial charge in [0.2, 0.25) is 0 Å². The molecule has 3 aromatic rings. The fourth-order valence-corrected chi connectivity index (χ4v) is 2.97. The SMILES string of the molecule is CC(NC(=O)NCc1ccc2c(c1)OCCO2)c1ccc(-n2cncn2)cc1. The summed E-state index contributed by atoms with van der Waals surface area (Å²) in [5.41, 5.74) is 2.86. The molecular weight excluding hydrogens is 358 g/mol. The molecule has 1 aromatic heterocycles. The Morgan fingerprint density at radius 2 is 1.93 bits per heavy atom. The third kappa shape index (κ3) is 4.06. The Morgan fingerprint density at radius 3 is 2.68 bits per heavy atom. The molecule has 0 fully saturated rings. The van der Waals surface area contributed by atoms with Crippen molar-refractivity contribution in [2.24, 2.45) is 0 Å². The van der Waals surface area contributed by atoms with E-state index < -0.39 is 0 Å². The Kier molecular flexibility index (Phi) is 5.09. The summed E-state index contributed by atoms with van der Waals surface area (Å²) in [4.78, 5) is 16.2. The number of hydrogen-bond donors (Lipinski definition) is 2. The van der Waals surface area contributed by atoms with Gasteiger partial charge in [0.1, 0.15) is 25.9 Å². The van der Waals surface area contributed by atoms with Crippen molar-refractivity contribution in [2.75, 3.05) is 13.2 Å². The zero-order chi connectivity index (χ0) is 19.3. The van der Waals surface area contributed by atoms with Crippen LogP contribution in [0.2, 0.25) is 0 Å². The lowest BCUT2D eigenvalue weighted by Gasteiger charge is -2.19. The molecule has 2 aromatic carbocycles. The van der Waals surface area contributed by atoms with Gasteiger partial charge in [0.25, 0.3) is 0 Å². The summed E-state index contributed by atoms with van der Waals surface area (Å²) in [5.74, 6) is 1.45. The predicted molar refractivity (Wildman–Crippen MR) is 103 cm³/mol. The normalized spacial score (nSPS) is 13.6. The van der Waals surface area contributed by atoms with Gasteiger partial charge < -0.3 is 20.1 Å². The van der Waals surface area contributed by atoms with Gasteiger partial charge >= 0.3 is 6.03 Å². The zero-order valence-electron chi connectivity index (χ0n) is 15.5. The highest BCUT2D eigenvalue weighted by atomic mass is 16.6. The smallest absolute Gasteiger partial charge is 0.315 e. The van der Waals surface area contributed by atoms with Gasteiger partial charge in [-0.05, 0) is 42.3 Å². The highest BCUT2D eigenvalue weighted by Gasteiger charge is 2.13. The van der Waals surface area contributed by atoms with Crippen LogP contribution in [0.5, 0.6) is 11.5 Å². The first-order valence-electron chi connectivity index (χ1n) is 9.07. The molecule has 1 aliphatic heterocycles. The van der Waals surface area contributed by atoms with Gasteiger partial charge in [-0.15, -0.1) is 0 Å². The molecule has 1 aliphatic rings. The molecule has 8 heteroatoms. The van der Waals surface area contributed by atoms with Gasteiger partial charge in [0, 0.05) is 6.54 Å². The molecule has 2 amide bonds. The van der Waals surface area contributed by atoms with E-state index >= 15 is 0 Å². The predicted octanol–water partition coefficient (Wildman–Crippen LogP) is 2.60. The second-order valence-corrected chi connectivity index (χ2v) is 6.46. The maximum Gasteiger partial charge on any atom is 0.315 e. The standard InChI is InChI=1S/C20H21N5O3/c1-14(16-3-5-17(6-4-16)25-13-21-12-23-25)24-20(26)22-11-15-2-7-18-19(10-15)28-9-8-27-18/h2-7,10,12-14H,8-9,11H2,1H3,(H2,22,24,26). The Morgan fingerprint density at radius 1 is 1.14 bits per heavy atom. The first-order valence-corrected chi connectivity index (χ1v) is 9.07. The minimum absolute atomic E-state index is 0.134. The van der Waals surface area contributed by atoms with Crippen LogP contribution in [0.15, 0.2) is 55.1 Å². The van der Waals surface area contributed by atoms with Crippen LogP contribution in [-0.2, 0) is 6.54 Å². The molecule has 8 nitrogen and oxygen atoms in total. The Hall–Kier alpha value is -3.55. The van der Waals surface area contributed by atoms with Crippen molar-refractivity contribution in [3.8, 4) is 17.2 Å². The van der Waals surface area contributed by atoms with E-state index in [0.717, 1.165) is 22.6 Å². The van der Waals surface area contributed by atoms with Gasteiger partial charge in [-0.1, -0.05) is 18.2 Å². The third-order valence-corrected chi connectivity index (χ3v) is 4.48. The number of benzene rings is 2. The van der Waals surface area contributed by atoms with Crippen LogP contribution in [-0.4, -0.2) is 34.0 Å². The fraction of sp³-hybridized carbons (Fsp3) is 0.250.